The summed E-state index contributed by atoms with van der Waals surface area (Å²) in [5.74, 6) is 1.74. The Balaban J connectivity index is 1.51. The normalized spacial score (nSPS) is 14.3. The third-order valence-corrected chi connectivity index (χ3v) is 4.36. The SMILES string of the molecule is O=C(NCCSc1nc(C2CC2)n(-c2ccccc2)n1)OCC(F)(F)F. The van der Waals surface area contributed by atoms with E-state index in [1.165, 1.54) is 11.8 Å². The van der Waals surface area contributed by atoms with Crippen molar-refractivity contribution in [2.24, 2.45) is 0 Å². The molecule has 1 aromatic carbocycles. The van der Waals surface area contributed by atoms with Gasteiger partial charge in [-0.1, -0.05) is 30.0 Å². The van der Waals surface area contributed by atoms with Gasteiger partial charge in [0, 0.05) is 18.2 Å². The zero-order valence-corrected chi connectivity index (χ0v) is 14.5. The molecule has 1 fully saturated rings. The number of nitrogens with zero attached hydrogens (tertiary/aromatic N) is 3. The average Bonchev–Trinajstić information content (AvgIpc) is 3.37. The van der Waals surface area contributed by atoms with Gasteiger partial charge >= 0.3 is 12.3 Å². The summed E-state index contributed by atoms with van der Waals surface area (Å²) >= 11 is 1.33. The molecule has 0 unspecified atom stereocenters. The first-order chi connectivity index (χ1) is 12.4. The monoisotopic (exact) mass is 386 g/mol. The Morgan fingerprint density at radius 2 is 2.04 bits per heavy atom. The van der Waals surface area contributed by atoms with Gasteiger partial charge in [0.05, 0.1) is 5.69 Å². The van der Waals surface area contributed by atoms with E-state index in [4.69, 9.17) is 0 Å². The first kappa shape index (κ1) is 18.6. The zero-order valence-electron chi connectivity index (χ0n) is 13.7. The maximum Gasteiger partial charge on any atom is 0.422 e. The van der Waals surface area contributed by atoms with Gasteiger partial charge < -0.3 is 10.1 Å². The fourth-order valence-electron chi connectivity index (χ4n) is 2.22. The Labute approximate surface area is 152 Å². The first-order valence-electron chi connectivity index (χ1n) is 8.05. The Morgan fingerprint density at radius 3 is 2.69 bits per heavy atom. The van der Waals surface area contributed by atoms with Crippen molar-refractivity contribution < 1.29 is 22.7 Å². The van der Waals surface area contributed by atoms with Gasteiger partial charge in [0.1, 0.15) is 5.82 Å². The van der Waals surface area contributed by atoms with E-state index in [2.05, 4.69) is 20.1 Å². The largest absolute Gasteiger partial charge is 0.440 e. The lowest BCUT2D eigenvalue weighted by Gasteiger charge is -2.08. The third kappa shape index (κ3) is 5.38. The molecule has 0 atom stereocenters. The van der Waals surface area contributed by atoms with Crippen LogP contribution in [-0.2, 0) is 4.74 Å². The van der Waals surface area contributed by atoms with Crippen molar-refractivity contribution in [1.29, 1.82) is 0 Å². The molecule has 1 aliphatic carbocycles. The number of rotatable bonds is 7. The highest BCUT2D eigenvalue weighted by molar-refractivity contribution is 7.99. The predicted octanol–water partition coefficient (Wildman–Crippen LogP) is 3.53. The second kappa shape index (κ2) is 7.98. The fraction of sp³-hybridized carbons (Fsp3) is 0.438. The number of halogens is 3. The van der Waals surface area contributed by atoms with E-state index in [0.29, 0.717) is 16.8 Å². The summed E-state index contributed by atoms with van der Waals surface area (Å²) in [5, 5.41) is 7.34. The van der Waals surface area contributed by atoms with Gasteiger partial charge in [-0.05, 0) is 25.0 Å². The summed E-state index contributed by atoms with van der Waals surface area (Å²) in [4.78, 5) is 15.7. The number of amides is 1. The smallest absolute Gasteiger partial charge is 0.422 e. The van der Waals surface area contributed by atoms with E-state index in [9.17, 15) is 18.0 Å². The van der Waals surface area contributed by atoms with Crippen molar-refractivity contribution in [2.75, 3.05) is 18.9 Å². The number of alkyl carbamates (subject to hydrolysis) is 1. The minimum absolute atomic E-state index is 0.153. The van der Waals surface area contributed by atoms with Crippen LogP contribution in [0.4, 0.5) is 18.0 Å². The number of thioether (sulfide) groups is 1. The van der Waals surface area contributed by atoms with Crippen LogP contribution >= 0.6 is 11.8 Å². The zero-order chi connectivity index (χ0) is 18.6. The molecule has 1 aromatic heterocycles. The molecule has 0 saturated heterocycles. The maximum atomic E-state index is 11.9. The van der Waals surface area contributed by atoms with Crippen molar-refractivity contribution in [3.8, 4) is 5.69 Å². The standard InChI is InChI=1S/C16H17F3N4O2S/c17-16(18,19)10-25-15(24)20-8-9-26-14-21-13(11-6-7-11)23(22-14)12-4-2-1-3-5-12/h1-5,11H,6-10H2,(H,20,24). The van der Waals surface area contributed by atoms with Crippen molar-refractivity contribution >= 4 is 17.9 Å². The van der Waals surface area contributed by atoms with Crippen LogP contribution in [0.3, 0.4) is 0 Å². The molecule has 3 rings (SSSR count). The van der Waals surface area contributed by atoms with Crippen LogP contribution in [-0.4, -0.2) is 45.9 Å². The van der Waals surface area contributed by atoms with Gasteiger partial charge in [-0.2, -0.15) is 13.2 Å². The molecule has 0 spiro atoms. The number of carbonyl (C=O) groups is 1. The number of alkyl halides is 3. The van der Waals surface area contributed by atoms with E-state index >= 15 is 0 Å². The van der Waals surface area contributed by atoms with Crippen molar-refractivity contribution in [3.05, 3.63) is 36.2 Å². The Morgan fingerprint density at radius 1 is 1.31 bits per heavy atom. The lowest BCUT2D eigenvalue weighted by Crippen LogP contribution is -2.30. The van der Waals surface area contributed by atoms with Crippen LogP contribution in [0.5, 0.6) is 0 Å². The molecule has 1 heterocycles. The van der Waals surface area contributed by atoms with Crippen LogP contribution in [0, 0.1) is 0 Å². The van der Waals surface area contributed by atoms with E-state index < -0.39 is 18.9 Å². The molecule has 6 nitrogen and oxygen atoms in total. The number of hydrogen-bond donors (Lipinski definition) is 1. The highest BCUT2D eigenvalue weighted by Gasteiger charge is 2.31. The minimum atomic E-state index is -4.53. The number of ether oxygens (including phenoxy) is 1. The van der Waals surface area contributed by atoms with E-state index in [1.54, 1.807) is 0 Å². The van der Waals surface area contributed by atoms with Crippen LogP contribution < -0.4 is 5.32 Å². The molecular weight excluding hydrogens is 369 g/mol. The number of carbonyl (C=O) groups excluding carboxylic acids is 1. The third-order valence-electron chi connectivity index (χ3n) is 3.53. The molecule has 0 radical (unpaired) electrons. The Kier molecular flexibility index (Phi) is 5.70. The van der Waals surface area contributed by atoms with Crippen molar-refractivity contribution in [2.45, 2.75) is 30.1 Å². The van der Waals surface area contributed by atoms with Gasteiger partial charge in [0.25, 0.3) is 0 Å². The highest BCUT2D eigenvalue weighted by atomic mass is 32.2. The number of hydrogen-bond acceptors (Lipinski definition) is 5. The molecule has 1 amide bonds. The number of para-hydroxylation sites is 1. The molecule has 140 valence electrons. The molecule has 1 aliphatic rings. The van der Waals surface area contributed by atoms with Crippen LogP contribution in [0.1, 0.15) is 24.6 Å². The van der Waals surface area contributed by atoms with Crippen molar-refractivity contribution in [3.63, 3.8) is 0 Å². The Bertz CT molecular complexity index is 748. The molecular formula is C16H17F3N4O2S. The number of nitrogens with one attached hydrogen (secondary N) is 1. The van der Waals surface area contributed by atoms with E-state index in [1.807, 2.05) is 35.0 Å². The summed E-state index contributed by atoms with van der Waals surface area (Å²) in [6.45, 7) is -1.44. The second-order valence-electron chi connectivity index (χ2n) is 5.74. The van der Waals surface area contributed by atoms with Crippen LogP contribution in [0.2, 0.25) is 0 Å². The quantitative estimate of drug-likeness (QED) is 0.582. The van der Waals surface area contributed by atoms with Crippen molar-refractivity contribution in [1.82, 2.24) is 20.1 Å². The van der Waals surface area contributed by atoms with Gasteiger partial charge in [0.15, 0.2) is 6.61 Å². The first-order valence-corrected chi connectivity index (χ1v) is 9.03. The molecule has 0 bridgehead atoms. The van der Waals surface area contributed by atoms with Gasteiger partial charge in [-0.15, -0.1) is 5.10 Å². The van der Waals surface area contributed by atoms with Gasteiger partial charge in [-0.3, -0.25) is 0 Å². The summed E-state index contributed by atoms with van der Waals surface area (Å²) in [5.41, 5.74) is 0.933. The molecule has 1 saturated carbocycles. The van der Waals surface area contributed by atoms with Crippen LogP contribution in [0.15, 0.2) is 35.5 Å². The van der Waals surface area contributed by atoms with E-state index in [0.717, 1.165) is 24.4 Å². The molecule has 0 aliphatic heterocycles. The summed E-state index contributed by atoms with van der Waals surface area (Å²) in [6, 6.07) is 9.69. The van der Waals surface area contributed by atoms with E-state index in [-0.39, 0.29) is 6.54 Å². The maximum absolute atomic E-state index is 11.9. The fourth-order valence-corrected chi connectivity index (χ4v) is 2.91. The summed E-state index contributed by atoms with van der Waals surface area (Å²) < 4.78 is 41.7. The number of benzene rings is 1. The predicted molar refractivity (Wildman–Crippen MR) is 89.5 cm³/mol. The van der Waals surface area contributed by atoms with Gasteiger partial charge in [-0.25, -0.2) is 14.5 Å². The Hall–Kier alpha value is -2.23. The number of aromatic nitrogens is 3. The summed E-state index contributed by atoms with van der Waals surface area (Å²) in [7, 11) is 0. The lowest BCUT2D eigenvalue weighted by atomic mass is 10.3. The molecule has 10 heteroatoms. The lowest BCUT2D eigenvalue weighted by molar-refractivity contribution is -0.160. The summed E-state index contributed by atoms with van der Waals surface area (Å²) in [6.07, 6.45) is -3.45. The minimum Gasteiger partial charge on any atom is -0.440 e. The molecule has 1 N–H and O–H groups in total. The van der Waals surface area contributed by atoms with Crippen LogP contribution in [0.25, 0.3) is 5.69 Å². The topological polar surface area (TPSA) is 69.0 Å². The molecule has 26 heavy (non-hydrogen) atoms. The highest BCUT2D eigenvalue weighted by Crippen LogP contribution is 2.40. The average molecular weight is 386 g/mol. The molecule has 2 aromatic rings. The van der Waals surface area contributed by atoms with Gasteiger partial charge in [0.2, 0.25) is 5.16 Å². The second-order valence-corrected chi connectivity index (χ2v) is 6.80.